The summed E-state index contributed by atoms with van der Waals surface area (Å²) in [5.41, 5.74) is 3.24. The first kappa shape index (κ1) is 31.1. The number of ether oxygens (including phenoxy) is 1. The van der Waals surface area contributed by atoms with Crippen molar-refractivity contribution in [1.82, 2.24) is 4.90 Å². The first-order chi connectivity index (χ1) is 21.9. The maximum atomic E-state index is 12.4. The van der Waals surface area contributed by atoms with Gasteiger partial charge in [0.1, 0.15) is 23.6 Å². The minimum Gasteiger partial charge on any atom is -0.492 e. The van der Waals surface area contributed by atoms with E-state index >= 15 is 0 Å². The molecule has 2 atom stereocenters. The molecule has 0 aliphatic carbocycles. The zero-order chi connectivity index (χ0) is 31.3. The first-order valence-corrected chi connectivity index (χ1v) is 16.1. The SMILES string of the molecule is Cc1ccc(C(O)(Cc2ccc(Cl)cc2)c2ccc(OCCN3CCC[C@@H]3C(O)(c3ccccc3)c3ccccc3)cc2)cc1. The van der Waals surface area contributed by atoms with Crippen LogP contribution in [0.15, 0.2) is 133 Å². The van der Waals surface area contributed by atoms with Gasteiger partial charge in [-0.05, 0) is 78.4 Å². The first-order valence-electron chi connectivity index (χ1n) is 15.7. The van der Waals surface area contributed by atoms with Gasteiger partial charge in [-0.25, -0.2) is 0 Å². The van der Waals surface area contributed by atoms with Gasteiger partial charge in [0.05, 0.1) is 0 Å². The smallest absolute Gasteiger partial charge is 0.130 e. The van der Waals surface area contributed by atoms with Gasteiger partial charge in [-0.3, -0.25) is 4.90 Å². The number of hydrogen-bond donors (Lipinski definition) is 2. The Morgan fingerprint density at radius 1 is 0.711 bits per heavy atom. The number of aryl methyl sites for hydroxylation is 1. The third-order valence-corrected chi connectivity index (χ3v) is 9.41. The second-order valence-corrected chi connectivity index (χ2v) is 12.5. The van der Waals surface area contributed by atoms with E-state index in [1.165, 1.54) is 0 Å². The molecule has 0 amide bonds. The summed E-state index contributed by atoms with van der Waals surface area (Å²) in [5.74, 6) is 0.744. The van der Waals surface area contributed by atoms with E-state index in [1.807, 2.05) is 140 Å². The van der Waals surface area contributed by atoms with Crippen LogP contribution in [0.25, 0.3) is 0 Å². The lowest BCUT2D eigenvalue weighted by Crippen LogP contribution is -2.49. The average Bonchev–Trinajstić information content (AvgIpc) is 3.56. The molecule has 1 aliphatic rings. The summed E-state index contributed by atoms with van der Waals surface area (Å²) in [4.78, 5) is 2.36. The van der Waals surface area contributed by atoms with Crippen molar-refractivity contribution in [2.75, 3.05) is 19.7 Å². The molecular formula is C40H40ClNO3. The second kappa shape index (κ2) is 13.6. The molecule has 0 spiro atoms. The van der Waals surface area contributed by atoms with Crippen molar-refractivity contribution in [1.29, 1.82) is 0 Å². The lowest BCUT2D eigenvalue weighted by atomic mass is 9.79. The topological polar surface area (TPSA) is 52.9 Å². The van der Waals surface area contributed by atoms with Gasteiger partial charge in [0.15, 0.2) is 0 Å². The summed E-state index contributed by atoms with van der Waals surface area (Å²) in [7, 11) is 0. The predicted octanol–water partition coefficient (Wildman–Crippen LogP) is 7.91. The minimum atomic E-state index is -1.22. The minimum absolute atomic E-state index is 0.0642. The van der Waals surface area contributed by atoms with Crippen LogP contribution in [-0.2, 0) is 17.6 Å². The van der Waals surface area contributed by atoms with Crippen molar-refractivity contribution in [2.45, 2.75) is 43.4 Å². The van der Waals surface area contributed by atoms with Crippen LogP contribution >= 0.6 is 11.6 Å². The van der Waals surface area contributed by atoms with Crippen molar-refractivity contribution < 1.29 is 14.9 Å². The summed E-state index contributed by atoms with van der Waals surface area (Å²) in [5, 5.41) is 25.2. The van der Waals surface area contributed by atoms with Gasteiger partial charge in [0, 0.05) is 24.0 Å². The van der Waals surface area contributed by atoms with Crippen molar-refractivity contribution in [3.8, 4) is 5.75 Å². The molecule has 0 radical (unpaired) electrons. The number of benzene rings is 5. The van der Waals surface area contributed by atoms with Crippen LogP contribution in [0.4, 0.5) is 0 Å². The largest absolute Gasteiger partial charge is 0.492 e. The molecule has 5 heteroatoms. The van der Waals surface area contributed by atoms with Crippen LogP contribution in [0.2, 0.25) is 5.02 Å². The fourth-order valence-corrected chi connectivity index (χ4v) is 6.83. The molecule has 0 aromatic heterocycles. The van der Waals surface area contributed by atoms with Crippen LogP contribution in [0.1, 0.15) is 46.2 Å². The van der Waals surface area contributed by atoms with Gasteiger partial charge in [-0.15, -0.1) is 0 Å². The van der Waals surface area contributed by atoms with E-state index in [2.05, 4.69) is 4.90 Å². The molecule has 0 bridgehead atoms. The van der Waals surface area contributed by atoms with E-state index in [9.17, 15) is 10.2 Å². The molecule has 1 saturated heterocycles. The number of nitrogens with zero attached hydrogens (tertiary/aromatic N) is 1. The van der Waals surface area contributed by atoms with Crippen molar-refractivity contribution >= 4 is 11.6 Å². The molecule has 1 heterocycles. The van der Waals surface area contributed by atoms with Gasteiger partial charge >= 0.3 is 0 Å². The molecule has 0 saturated carbocycles. The third-order valence-electron chi connectivity index (χ3n) is 9.16. The van der Waals surface area contributed by atoms with Crippen LogP contribution in [0.5, 0.6) is 5.75 Å². The van der Waals surface area contributed by atoms with Crippen LogP contribution in [0.3, 0.4) is 0 Å². The quantitative estimate of drug-likeness (QED) is 0.158. The Morgan fingerprint density at radius 2 is 1.27 bits per heavy atom. The summed E-state index contributed by atoms with van der Waals surface area (Å²) in [6, 6.07) is 43.4. The zero-order valence-corrected chi connectivity index (χ0v) is 26.4. The fraction of sp³-hybridized carbons (Fsp3) is 0.250. The Hall–Kier alpha value is -3.93. The Balaban J connectivity index is 1.17. The van der Waals surface area contributed by atoms with Crippen LogP contribution in [-0.4, -0.2) is 40.9 Å². The van der Waals surface area contributed by atoms with Gasteiger partial charge in [0.2, 0.25) is 0 Å². The van der Waals surface area contributed by atoms with Crippen LogP contribution < -0.4 is 4.74 Å². The Morgan fingerprint density at radius 3 is 1.84 bits per heavy atom. The molecule has 5 aromatic rings. The van der Waals surface area contributed by atoms with Gasteiger partial charge in [-0.2, -0.15) is 0 Å². The predicted molar refractivity (Wildman–Crippen MR) is 182 cm³/mol. The maximum absolute atomic E-state index is 12.4. The second-order valence-electron chi connectivity index (χ2n) is 12.1. The molecule has 1 fully saturated rings. The molecule has 4 nitrogen and oxygen atoms in total. The Labute approximate surface area is 271 Å². The summed E-state index contributed by atoms with van der Waals surface area (Å²) in [6.07, 6.45) is 2.34. The van der Waals surface area contributed by atoms with Crippen molar-refractivity contribution in [3.05, 3.63) is 172 Å². The highest BCUT2D eigenvalue weighted by molar-refractivity contribution is 6.30. The highest BCUT2D eigenvalue weighted by atomic mass is 35.5. The number of halogens is 1. The van der Waals surface area contributed by atoms with E-state index in [0.29, 0.717) is 24.6 Å². The molecule has 2 N–H and O–H groups in total. The third kappa shape index (κ3) is 6.70. The normalized spacial score (nSPS) is 16.8. The van der Waals surface area contributed by atoms with E-state index in [4.69, 9.17) is 16.3 Å². The number of hydrogen-bond acceptors (Lipinski definition) is 4. The van der Waals surface area contributed by atoms with Crippen LogP contribution in [0, 0.1) is 6.92 Å². The molecule has 230 valence electrons. The standard InChI is InChI=1S/C40H40ClNO3/c1-30-14-18-32(19-15-30)39(43,29-31-16-22-36(41)23-17-31)33-20-24-37(25-21-33)45-28-27-42-26-8-13-38(42)40(44,34-9-4-2-5-10-34)35-11-6-3-7-12-35/h2-7,9-12,14-25,38,43-44H,8,13,26-29H2,1H3/t38-,39?/m1/s1. The summed E-state index contributed by atoms with van der Waals surface area (Å²) >= 11 is 6.13. The van der Waals surface area contributed by atoms with Gasteiger partial charge in [-0.1, -0.05) is 126 Å². The summed E-state index contributed by atoms with van der Waals surface area (Å²) in [6.45, 7) is 4.13. The van der Waals surface area contributed by atoms with E-state index in [0.717, 1.165) is 58.5 Å². The van der Waals surface area contributed by atoms with E-state index < -0.39 is 11.2 Å². The maximum Gasteiger partial charge on any atom is 0.130 e. The molecule has 1 unspecified atom stereocenters. The lowest BCUT2D eigenvalue weighted by Gasteiger charge is -2.40. The van der Waals surface area contributed by atoms with Gasteiger partial charge < -0.3 is 14.9 Å². The van der Waals surface area contributed by atoms with Gasteiger partial charge in [0.25, 0.3) is 0 Å². The molecule has 45 heavy (non-hydrogen) atoms. The average molecular weight is 618 g/mol. The summed E-state index contributed by atoms with van der Waals surface area (Å²) < 4.78 is 6.24. The number of rotatable bonds is 11. The Kier molecular flexibility index (Phi) is 9.39. The lowest BCUT2D eigenvalue weighted by molar-refractivity contribution is -0.00700. The molecule has 5 aromatic carbocycles. The van der Waals surface area contributed by atoms with Crippen molar-refractivity contribution in [2.24, 2.45) is 0 Å². The number of likely N-dealkylation sites (tertiary alicyclic amines) is 1. The van der Waals surface area contributed by atoms with Crippen molar-refractivity contribution in [3.63, 3.8) is 0 Å². The molecular weight excluding hydrogens is 578 g/mol. The zero-order valence-electron chi connectivity index (χ0n) is 25.6. The molecule has 1 aliphatic heterocycles. The Bertz CT molecular complexity index is 1620. The highest BCUT2D eigenvalue weighted by Gasteiger charge is 2.45. The number of aliphatic hydroxyl groups is 2. The van der Waals surface area contributed by atoms with E-state index in [-0.39, 0.29) is 6.04 Å². The highest BCUT2D eigenvalue weighted by Crippen LogP contribution is 2.40. The fourth-order valence-electron chi connectivity index (χ4n) is 6.71. The molecule has 6 rings (SSSR count). The monoisotopic (exact) mass is 617 g/mol. The van der Waals surface area contributed by atoms with E-state index in [1.54, 1.807) is 0 Å².